The van der Waals surface area contributed by atoms with Gasteiger partial charge in [0.1, 0.15) is 24.4 Å². The van der Waals surface area contributed by atoms with Gasteiger partial charge in [0.25, 0.3) is 0 Å². The summed E-state index contributed by atoms with van der Waals surface area (Å²) in [6.07, 6.45) is 1.51. The van der Waals surface area contributed by atoms with Crippen LogP contribution in [0, 0.1) is 6.92 Å². The van der Waals surface area contributed by atoms with Gasteiger partial charge in [0.15, 0.2) is 0 Å². The Bertz CT molecular complexity index is 912. The second kappa shape index (κ2) is 8.85. The molecule has 0 aliphatic heterocycles. The summed E-state index contributed by atoms with van der Waals surface area (Å²) >= 11 is 0. The second-order valence-electron chi connectivity index (χ2n) is 6.13. The summed E-state index contributed by atoms with van der Waals surface area (Å²) in [5.74, 6) is 1.49. The number of urea groups is 1. The number of rotatable bonds is 7. The molecule has 1 heterocycles. The molecule has 0 aliphatic rings. The number of hydrogen-bond acceptors (Lipinski definition) is 6. The van der Waals surface area contributed by atoms with E-state index in [1.165, 1.54) is 6.33 Å². The molecule has 0 aliphatic carbocycles. The number of anilines is 1. The Balaban J connectivity index is 1.53. The Kier molecular flexibility index (Phi) is 6.05. The second-order valence-corrected chi connectivity index (χ2v) is 6.13. The number of ether oxygens (including phenoxy) is 2. The lowest BCUT2D eigenvalue weighted by atomic mass is 10.2. The standard InChI is InChI=1S/C19H22N6O3/c1-14-4-5-15(12-18(14)25-13-20-22-23-25)21-19(26)24(2)10-11-28-17-8-6-16(27-3)7-9-17/h4-9,12-13H,10-11H2,1-3H3,(H,21,26). The van der Waals surface area contributed by atoms with Gasteiger partial charge in [-0.2, -0.15) is 0 Å². The number of amides is 2. The van der Waals surface area contributed by atoms with Gasteiger partial charge >= 0.3 is 6.03 Å². The van der Waals surface area contributed by atoms with Crippen molar-refractivity contribution in [1.82, 2.24) is 25.1 Å². The van der Waals surface area contributed by atoms with Crippen LogP contribution in [-0.4, -0.2) is 58.4 Å². The van der Waals surface area contributed by atoms with Crippen LogP contribution in [0.15, 0.2) is 48.8 Å². The fourth-order valence-electron chi connectivity index (χ4n) is 2.50. The predicted octanol–water partition coefficient (Wildman–Crippen LogP) is 2.52. The van der Waals surface area contributed by atoms with Crippen LogP contribution < -0.4 is 14.8 Å². The minimum absolute atomic E-state index is 0.232. The number of hydrogen-bond donors (Lipinski definition) is 1. The molecule has 1 aromatic heterocycles. The maximum absolute atomic E-state index is 12.4. The van der Waals surface area contributed by atoms with Crippen LogP contribution in [0.5, 0.6) is 11.5 Å². The number of nitrogens with zero attached hydrogens (tertiary/aromatic N) is 5. The van der Waals surface area contributed by atoms with Crippen LogP contribution >= 0.6 is 0 Å². The minimum atomic E-state index is -0.232. The average Bonchev–Trinajstić information content (AvgIpc) is 3.24. The summed E-state index contributed by atoms with van der Waals surface area (Å²) in [5.41, 5.74) is 2.45. The number of benzene rings is 2. The predicted molar refractivity (Wildman–Crippen MR) is 104 cm³/mol. The Morgan fingerprint density at radius 1 is 1.18 bits per heavy atom. The maximum Gasteiger partial charge on any atom is 0.321 e. The highest BCUT2D eigenvalue weighted by molar-refractivity contribution is 5.89. The SMILES string of the molecule is COc1ccc(OCCN(C)C(=O)Nc2ccc(C)c(-n3cnnn3)c2)cc1. The highest BCUT2D eigenvalue weighted by Gasteiger charge is 2.11. The van der Waals surface area contributed by atoms with Crippen molar-refractivity contribution in [2.24, 2.45) is 0 Å². The van der Waals surface area contributed by atoms with Crippen molar-refractivity contribution in [3.63, 3.8) is 0 Å². The van der Waals surface area contributed by atoms with Crippen molar-refractivity contribution >= 4 is 11.7 Å². The number of methoxy groups -OCH3 is 1. The number of aryl methyl sites for hydroxylation is 1. The molecule has 9 nitrogen and oxygen atoms in total. The van der Waals surface area contributed by atoms with Gasteiger partial charge < -0.3 is 19.7 Å². The monoisotopic (exact) mass is 382 g/mol. The fourth-order valence-corrected chi connectivity index (χ4v) is 2.50. The molecule has 3 aromatic rings. The van der Waals surface area contributed by atoms with Crippen LogP contribution in [0.25, 0.3) is 5.69 Å². The summed E-state index contributed by atoms with van der Waals surface area (Å²) in [6.45, 7) is 2.76. The molecular weight excluding hydrogens is 360 g/mol. The fraction of sp³-hybridized carbons (Fsp3) is 0.263. The molecule has 0 fully saturated rings. The largest absolute Gasteiger partial charge is 0.497 e. The Labute approximate surface area is 162 Å². The third kappa shape index (κ3) is 4.76. The third-order valence-corrected chi connectivity index (χ3v) is 4.16. The molecule has 28 heavy (non-hydrogen) atoms. The van der Waals surface area contributed by atoms with Gasteiger partial charge in [0, 0.05) is 12.7 Å². The third-order valence-electron chi connectivity index (χ3n) is 4.16. The van der Waals surface area contributed by atoms with Crippen LogP contribution in [-0.2, 0) is 0 Å². The number of carbonyl (C=O) groups excluding carboxylic acids is 1. The van der Waals surface area contributed by atoms with Crippen molar-refractivity contribution in [2.45, 2.75) is 6.92 Å². The number of nitrogens with one attached hydrogen (secondary N) is 1. The van der Waals surface area contributed by atoms with E-state index in [4.69, 9.17) is 9.47 Å². The first kappa shape index (κ1) is 19.2. The maximum atomic E-state index is 12.4. The summed E-state index contributed by atoms with van der Waals surface area (Å²) in [7, 11) is 3.33. The lowest BCUT2D eigenvalue weighted by Gasteiger charge is -2.19. The molecule has 2 aromatic carbocycles. The van der Waals surface area contributed by atoms with E-state index >= 15 is 0 Å². The Morgan fingerprint density at radius 3 is 2.61 bits per heavy atom. The number of carbonyl (C=O) groups is 1. The van der Waals surface area contributed by atoms with Crippen LogP contribution in [0.3, 0.4) is 0 Å². The summed E-state index contributed by atoms with van der Waals surface area (Å²) in [5, 5.41) is 14.0. The van der Waals surface area contributed by atoms with Crippen LogP contribution in [0.4, 0.5) is 10.5 Å². The zero-order valence-electron chi connectivity index (χ0n) is 16.0. The zero-order valence-corrected chi connectivity index (χ0v) is 16.0. The van der Waals surface area contributed by atoms with Gasteiger partial charge in [-0.3, -0.25) is 0 Å². The Morgan fingerprint density at radius 2 is 1.93 bits per heavy atom. The van der Waals surface area contributed by atoms with Gasteiger partial charge in [-0.05, 0) is 59.3 Å². The van der Waals surface area contributed by atoms with Gasteiger partial charge in [-0.1, -0.05) is 6.07 Å². The van der Waals surface area contributed by atoms with Crippen molar-refractivity contribution < 1.29 is 14.3 Å². The lowest BCUT2D eigenvalue weighted by Crippen LogP contribution is -2.34. The quantitative estimate of drug-likeness (QED) is 0.675. The van der Waals surface area contributed by atoms with Crippen molar-refractivity contribution in [3.05, 3.63) is 54.4 Å². The van der Waals surface area contributed by atoms with E-state index in [9.17, 15) is 4.79 Å². The molecule has 0 bridgehead atoms. The molecule has 9 heteroatoms. The molecule has 2 amide bonds. The van der Waals surface area contributed by atoms with E-state index in [2.05, 4.69) is 20.8 Å². The van der Waals surface area contributed by atoms with E-state index in [-0.39, 0.29) is 6.03 Å². The first-order chi connectivity index (χ1) is 13.6. The average molecular weight is 382 g/mol. The smallest absolute Gasteiger partial charge is 0.321 e. The molecule has 0 radical (unpaired) electrons. The first-order valence-corrected chi connectivity index (χ1v) is 8.70. The van der Waals surface area contributed by atoms with Crippen molar-refractivity contribution in [2.75, 3.05) is 32.6 Å². The van der Waals surface area contributed by atoms with Gasteiger partial charge in [-0.15, -0.1) is 5.10 Å². The summed E-state index contributed by atoms with van der Waals surface area (Å²) in [6, 6.07) is 12.6. The highest BCUT2D eigenvalue weighted by Crippen LogP contribution is 2.19. The number of likely N-dealkylation sites (N-methyl/N-ethyl adjacent to an activating group) is 1. The molecular formula is C19H22N6O3. The highest BCUT2D eigenvalue weighted by atomic mass is 16.5. The molecule has 0 unspecified atom stereocenters. The molecule has 0 spiro atoms. The first-order valence-electron chi connectivity index (χ1n) is 8.70. The molecule has 146 valence electrons. The molecule has 0 saturated carbocycles. The summed E-state index contributed by atoms with van der Waals surface area (Å²) < 4.78 is 12.3. The summed E-state index contributed by atoms with van der Waals surface area (Å²) in [4.78, 5) is 14.0. The van der Waals surface area contributed by atoms with E-state index in [0.29, 0.717) is 18.8 Å². The van der Waals surface area contributed by atoms with E-state index in [0.717, 1.165) is 22.7 Å². The van der Waals surface area contributed by atoms with Crippen LogP contribution in [0.2, 0.25) is 0 Å². The van der Waals surface area contributed by atoms with E-state index in [1.54, 1.807) is 23.7 Å². The lowest BCUT2D eigenvalue weighted by molar-refractivity contribution is 0.207. The van der Waals surface area contributed by atoms with Gasteiger partial charge in [0.05, 0.1) is 19.3 Å². The van der Waals surface area contributed by atoms with Gasteiger partial charge in [0.2, 0.25) is 0 Å². The van der Waals surface area contributed by atoms with E-state index < -0.39 is 0 Å². The van der Waals surface area contributed by atoms with Crippen LogP contribution in [0.1, 0.15) is 5.56 Å². The Hall–Kier alpha value is -3.62. The van der Waals surface area contributed by atoms with Gasteiger partial charge in [-0.25, -0.2) is 9.48 Å². The van der Waals surface area contributed by atoms with Crippen molar-refractivity contribution in [1.29, 1.82) is 0 Å². The number of tetrazole rings is 1. The van der Waals surface area contributed by atoms with Crippen molar-refractivity contribution in [3.8, 4) is 17.2 Å². The molecule has 0 saturated heterocycles. The molecule has 1 N–H and O–H groups in total. The minimum Gasteiger partial charge on any atom is -0.497 e. The molecule has 0 atom stereocenters. The number of aromatic nitrogens is 4. The zero-order chi connectivity index (χ0) is 19.9. The molecule has 3 rings (SSSR count). The topological polar surface area (TPSA) is 94.4 Å². The normalized spacial score (nSPS) is 10.4. The van der Waals surface area contributed by atoms with E-state index in [1.807, 2.05) is 49.4 Å².